The Morgan fingerprint density at radius 2 is 2.15 bits per heavy atom. The number of para-hydroxylation sites is 2. The number of nitrogens with two attached hydrogens (primary N) is 1. The molecule has 1 fully saturated rings. The predicted molar refractivity (Wildman–Crippen MR) is 76.9 cm³/mol. The Kier molecular flexibility index (Phi) is 6.22. The molecule has 20 heavy (non-hydrogen) atoms. The Morgan fingerprint density at radius 1 is 1.30 bits per heavy atom. The molecule has 1 atom stereocenters. The SMILES string of the molecule is COc1ccccc1OCC#CC[NH2+]C[C@H]1CCCO1. The van der Waals surface area contributed by atoms with Gasteiger partial charge in [0.05, 0.1) is 7.11 Å². The normalized spacial score (nSPS) is 17.4. The number of ether oxygens (including phenoxy) is 3. The Morgan fingerprint density at radius 3 is 2.90 bits per heavy atom. The monoisotopic (exact) mass is 276 g/mol. The molecule has 0 aromatic heterocycles. The third-order valence-electron chi connectivity index (χ3n) is 3.19. The van der Waals surface area contributed by atoms with Gasteiger partial charge in [0, 0.05) is 6.61 Å². The van der Waals surface area contributed by atoms with Crippen molar-refractivity contribution < 1.29 is 19.5 Å². The van der Waals surface area contributed by atoms with Gasteiger partial charge < -0.3 is 19.5 Å². The molecule has 1 saturated heterocycles. The molecular formula is C16H22NO3+. The van der Waals surface area contributed by atoms with Crippen molar-refractivity contribution in [2.24, 2.45) is 0 Å². The van der Waals surface area contributed by atoms with Crippen molar-refractivity contribution in [2.45, 2.75) is 18.9 Å². The zero-order chi connectivity index (χ0) is 14.0. The van der Waals surface area contributed by atoms with Gasteiger partial charge in [-0.05, 0) is 30.9 Å². The number of benzene rings is 1. The fraction of sp³-hybridized carbons (Fsp3) is 0.500. The van der Waals surface area contributed by atoms with Crippen LogP contribution in [-0.2, 0) is 4.74 Å². The van der Waals surface area contributed by atoms with Gasteiger partial charge in [-0.3, -0.25) is 0 Å². The molecular weight excluding hydrogens is 254 g/mol. The lowest BCUT2D eigenvalue weighted by atomic mass is 10.2. The fourth-order valence-electron chi connectivity index (χ4n) is 2.15. The summed E-state index contributed by atoms with van der Waals surface area (Å²) in [5, 5.41) is 2.19. The van der Waals surface area contributed by atoms with E-state index >= 15 is 0 Å². The van der Waals surface area contributed by atoms with Gasteiger partial charge in [0.15, 0.2) is 11.5 Å². The number of rotatable bonds is 6. The van der Waals surface area contributed by atoms with Crippen molar-refractivity contribution in [3.63, 3.8) is 0 Å². The van der Waals surface area contributed by atoms with Crippen molar-refractivity contribution in [2.75, 3.05) is 33.4 Å². The summed E-state index contributed by atoms with van der Waals surface area (Å²) >= 11 is 0. The smallest absolute Gasteiger partial charge is 0.162 e. The Hall–Kier alpha value is -1.70. The van der Waals surface area contributed by atoms with Crippen LogP contribution >= 0.6 is 0 Å². The lowest BCUT2D eigenvalue weighted by Crippen LogP contribution is -2.86. The topological polar surface area (TPSA) is 44.3 Å². The average Bonchev–Trinajstić information content (AvgIpc) is 3.00. The summed E-state index contributed by atoms with van der Waals surface area (Å²) in [5.41, 5.74) is 0. The van der Waals surface area contributed by atoms with E-state index in [-0.39, 0.29) is 0 Å². The molecule has 1 heterocycles. The molecule has 4 heteroatoms. The van der Waals surface area contributed by atoms with Crippen molar-refractivity contribution >= 4 is 0 Å². The highest BCUT2D eigenvalue weighted by molar-refractivity contribution is 5.39. The maximum absolute atomic E-state index is 5.57. The van der Waals surface area contributed by atoms with Crippen molar-refractivity contribution in [3.05, 3.63) is 24.3 Å². The molecule has 0 bridgehead atoms. The Bertz CT molecular complexity index is 458. The summed E-state index contributed by atoms with van der Waals surface area (Å²) in [7, 11) is 1.63. The van der Waals surface area contributed by atoms with Gasteiger partial charge in [0.2, 0.25) is 0 Å². The molecule has 1 aliphatic heterocycles. The second kappa shape index (κ2) is 8.47. The maximum Gasteiger partial charge on any atom is 0.162 e. The van der Waals surface area contributed by atoms with Crippen molar-refractivity contribution in [3.8, 4) is 23.3 Å². The molecule has 0 spiro atoms. The molecule has 1 aliphatic rings. The summed E-state index contributed by atoms with van der Waals surface area (Å²) < 4.78 is 16.3. The van der Waals surface area contributed by atoms with E-state index in [0.717, 1.165) is 31.2 Å². The minimum Gasteiger partial charge on any atom is -0.493 e. The van der Waals surface area contributed by atoms with E-state index in [0.29, 0.717) is 12.7 Å². The molecule has 0 unspecified atom stereocenters. The number of quaternary nitrogens is 1. The van der Waals surface area contributed by atoms with Crippen LogP contribution in [0.5, 0.6) is 11.5 Å². The first-order valence-corrected chi connectivity index (χ1v) is 7.05. The highest BCUT2D eigenvalue weighted by Gasteiger charge is 2.16. The molecule has 0 saturated carbocycles. The molecule has 1 aromatic carbocycles. The van der Waals surface area contributed by atoms with E-state index in [1.54, 1.807) is 7.11 Å². The van der Waals surface area contributed by atoms with Gasteiger partial charge in [-0.1, -0.05) is 18.1 Å². The van der Waals surface area contributed by atoms with Gasteiger partial charge in [0.1, 0.15) is 25.8 Å². The summed E-state index contributed by atoms with van der Waals surface area (Å²) in [6.45, 7) is 3.09. The van der Waals surface area contributed by atoms with Gasteiger partial charge in [-0.2, -0.15) is 0 Å². The molecule has 0 amide bonds. The van der Waals surface area contributed by atoms with E-state index in [1.807, 2.05) is 24.3 Å². The molecule has 2 rings (SSSR count). The van der Waals surface area contributed by atoms with Crippen LogP contribution in [0.15, 0.2) is 24.3 Å². The summed E-state index contributed by atoms with van der Waals surface area (Å²) in [6.07, 6.45) is 2.79. The van der Waals surface area contributed by atoms with Crippen LogP contribution in [0, 0.1) is 11.8 Å². The number of methoxy groups -OCH3 is 1. The zero-order valence-corrected chi connectivity index (χ0v) is 11.9. The highest BCUT2D eigenvalue weighted by Crippen LogP contribution is 2.25. The lowest BCUT2D eigenvalue weighted by molar-refractivity contribution is -0.650. The standard InChI is InChI=1S/C16H21NO3/c1-18-15-8-2-3-9-16(15)20-11-5-4-10-17-13-14-7-6-12-19-14/h2-3,8-9,14,17H,6-7,10-13H2,1H3/p+1/t14-/m1/s1. The zero-order valence-electron chi connectivity index (χ0n) is 11.9. The molecule has 108 valence electrons. The number of hydrogen-bond donors (Lipinski definition) is 1. The van der Waals surface area contributed by atoms with Crippen LogP contribution in [0.2, 0.25) is 0 Å². The van der Waals surface area contributed by atoms with Crippen LogP contribution in [0.4, 0.5) is 0 Å². The van der Waals surface area contributed by atoms with Gasteiger partial charge in [-0.25, -0.2) is 0 Å². The van der Waals surface area contributed by atoms with Gasteiger partial charge in [-0.15, -0.1) is 0 Å². The van der Waals surface area contributed by atoms with Crippen molar-refractivity contribution in [1.29, 1.82) is 0 Å². The Labute approximate surface area is 120 Å². The first-order valence-electron chi connectivity index (χ1n) is 7.05. The predicted octanol–water partition coefficient (Wildman–Crippen LogP) is 0.820. The first kappa shape index (κ1) is 14.7. The average molecular weight is 276 g/mol. The van der Waals surface area contributed by atoms with Crippen LogP contribution in [-0.4, -0.2) is 39.5 Å². The third-order valence-corrected chi connectivity index (χ3v) is 3.19. The maximum atomic E-state index is 5.57. The van der Waals surface area contributed by atoms with E-state index in [9.17, 15) is 0 Å². The fourth-order valence-corrected chi connectivity index (χ4v) is 2.15. The second-order valence-electron chi connectivity index (χ2n) is 4.66. The van der Waals surface area contributed by atoms with Crippen LogP contribution < -0.4 is 14.8 Å². The van der Waals surface area contributed by atoms with Crippen LogP contribution in [0.25, 0.3) is 0 Å². The van der Waals surface area contributed by atoms with Crippen LogP contribution in [0.1, 0.15) is 12.8 Å². The third kappa shape index (κ3) is 4.76. The molecule has 0 radical (unpaired) electrons. The molecule has 1 aromatic rings. The summed E-state index contributed by atoms with van der Waals surface area (Å²) in [4.78, 5) is 0. The van der Waals surface area contributed by atoms with Crippen molar-refractivity contribution in [1.82, 2.24) is 0 Å². The van der Waals surface area contributed by atoms with Crippen LogP contribution in [0.3, 0.4) is 0 Å². The lowest BCUT2D eigenvalue weighted by Gasteiger charge is -2.07. The largest absolute Gasteiger partial charge is 0.493 e. The molecule has 2 N–H and O–H groups in total. The van der Waals surface area contributed by atoms with E-state index < -0.39 is 0 Å². The summed E-state index contributed by atoms with van der Waals surface area (Å²) in [6, 6.07) is 7.58. The molecule has 4 nitrogen and oxygen atoms in total. The van der Waals surface area contributed by atoms with E-state index in [1.165, 1.54) is 12.8 Å². The molecule has 0 aliphatic carbocycles. The first-order chi connectivity index (χ1) is 9.90. The highest BCUT2D eigenvalue weighted by atomic mass is 16.5. The van der Waals surface area contributed by atoms with Gasteiger partial charge in [0.25, 0.3) is 0 Å². The second-order valence-corrected chi connectivity index (χ2v) is 4.66. The van der Waals surface area contributed by atoms with Gasteiger partial charge >= 0.3 is 0 Å². The van der Waals surface area contributed by atoms with E-state index in [4.69, 9.17) is 14.2 Å². The minimum absolute atomic E-state index is 0.383. The number of hydrogen-bond acceptors (Lipinski definition) is 3. The van der Waals surface area contributed by atoms with E-state index in [2.05, 4.69) is 17.2 Å². The quantitative estimate of drug-likeness (QED) is 0.618. The Balaban J connectivity index is 1.62. The minimum atomic E-state index is 0.383. The summed E-state index contributed by atoms with van der Waals surface area (Å²) in [5.74, 6) is 7.57.